The standard InChI is InChI=1S/C26H24N6O2/c33-22-8-4-20(5-9-22)24-2-1-3-25-30-26(31-32(24)25)29-21-6-10-23(11-7-21)34-17-16-28-18-19-12-14-27-15-13-19/h1-15,28,33H,16-18H2,(H,29,31). The SMILES string of the molecule is Oc1ccc(-c2cccc3nc(Nc4ccc(OCCNCc5ccncc5)cc4)nn23)cc1. The van der Waals surface area contributed by atoms with Gasteiger partial charge in [0.25, 0.3) is 0 Å². The van der Waals surface area contributed by atoms with Gasteiger partial charge in [-0.1, -0.05) is 6.07 Å². The van der Waals surface area contributed by atoms with Crippen LogP contribution in [0.4, 0.5) is 11.6 Å². The predicted octanol–water partition coefficient (Wildman–Crippen LogP) is 4.41. The van der Waals surface area contributed by atoms with Gasteiger partial charge >= 0.3 is 0 Å². The molecule has 3 heterocycles. The first-order chi connectivity index (χ1) is 16.7. The Bertz CT molecular complexity index is 1350. The van der Waals surface area contributed by atoms with E-state index in [2.05, 4.69) is 25.7 Å². The lowest BCUT2D eigenvalue weighted by Crippen LogP contribution is -2.20. The molecule has 0 saturated heterocycles. The summed E-state index contributed by atoms with van der Waals surface area (Å²) >= 11 is 0. The Morgan fingerprint density at radius 2 is 1.68 bits per heavy atom. The third kappa shape index (κ3) is 5.13. The van der Waals surface area contributed by atoms with Crippen LogP contribution >= 0.6 is 0 Å². The van der Waals surface area contributed by atoms with Crippen LogP contribution in [0.25, 0.3) is 16.9 Å². The Morgan fingerprint density at radius 3 is 2.47 bits per heavy atom. The molecule has 34 heavy (non-hydrogen) atoms. The van der Waals surface area contributed by atoms with Gasteiger partial charge in [-0.05, 0) is 78.4 Å². The van der Waals surface area contributed by atoms with Crippen LogP contribution in [0.3, 0.4) is 0 Å². The molecule has 0 unspecified atom stereocenters. The molecule has 3 N–H and O–H groups in total. The molecule has 0 saturated carbocycles. The van der Waals surface area contributed by atoms with Gasteiger partial charge in [0.15, 0.2) is 5.65 Å². The molecular weight excluding hydrogens is 428 g/mol. The first kappa shape index (κ1) is 21.4. The molecule has 0 atom stereocenters. The summed E-state index contributed by atoms with van der Waals surface area (Å²) in [6, 6.07) is 24.5. The summed E-state index contributed by atoms with van der Waals surface area (Å²) < 4.78 is 7.60. The quantitative estimate of drug-likeness (QED) is 0.285. The van der Waals surface area contributed by atoms with E-state index in [0.717, 1.165) is 41.4 Å². The average molecular weight is 453 g/mol. The number of aromatic nitrogens is 4. The number of phenolic OH excluding ortho intramolecular Hbond substituents is 1. The highest BCUT2D eigenvalue weighted by Gasteiger charge is 2.09. The Balaban J connectivity index is 1.18. The van der Waals surface area contributed by atoms with Crippen LogP contribution in [0.5, 0.6) is 11.5 Å². The molecule has 170 valence electrons. The van der Waals surface area contributed by atoms with Gasteiger partial charge in [-0.2, -0.15) is 4.98 Å². The van der Waals surface area contributed by atoms with E-state index in [1.807, 2.05) is 66.7 Å². The summed E-state index contributed by atoms with van der Waals surface area (Å²) in [5.41, 5.74) is 4.62. The third-order valence-corrected chi connectivity index (χ3v) is 5.26. The first-order valence-electron chi connectivity index (χ1n) is 11.0. The molecule has 2 aromatic carbocycles. The predicted molar refractivity (Wildman–Crippen MR) is 131 cm³/mol. The summed E-state index contributed by atoms with van der Waals surface area (Å²) in [5.74, 6) is 1.53. The first-order valence-corrected chi connectivity index (χ1v) is 11.0. The van der Waals surface area contributed by atoms with E-state index in [1.54, 1.807) is 29.0 Å². The normalized spacial score (nSPS) is 10.9. The second-order valence-corrected chi connectivity index (χ2v) is 7.69. The minimum absolute atomic E-state index is 0.227. The lowest BCUT2D eigenvalue weighted by atomic mass is 10.1. The van der Waals surface area contributed by atoms with Crippen LogP contribution in [0.1, 0.15) is 5.56 Å². The van der Waals surface area contributed by atoms with E-state index in [4.69, 9.17) is 4.74 Å². The minimum Gasteiger partial charge on any atom is -0.508 e. The van der Waals surface area contributed by atoms with Crippen molar-refractivity contribution in [2.45, 2.75) is 6.54 Å². The van der Waals surface area contributed by atoms with Gasteiger partial charge in [-0.25, -0.2) is 4.52 Å². The lowest BCUT2D eigenvalue weighted by Gasteiger charge is -2.08. The average Bonchev–Trinajstić information content (AvgIpc) is 3.29. The number of aromatic hydroxyl groups is 1. The van der Waals surface area contributed by atoms with E-state index in [0.29, 0.717) is 12.6 Å². The van der Waals surface area contributed by atoms with Gasteiger partial charge in [0, 0.05) is 36.7 Å². The minimum atomic E-state index is 0.227. The van der Waals surface area contributed by atoms with Gasteiger partial charge in [0.05, 0.1) is 5.69 Å². The number of nitrogens with one attached hydrogen (secondary N) is 2. The van der Waals surface area contributed by atoms with Crippen molar-refractivity contribution < 1.29 is 9.84 Å². The number of pyridine rings is 2. The van der Waals surface area contributed by atoms with Gasteiger partial charge in [0.2, 0.25) is 5.95 Å². The zero-order chi connectivity index (χ0) is 23.2. The Morgan fingerprint density at radius 1 is 0.882 bits per heavy atom. The summed E-state index contributed by atoms with van der Waals surface area (Å²) in [4.78, 5) is 8.60. The number of anilines is 2. The molecular formula is C26H24N6O2. The van der Waals surface area contributed by atoms with Crippen LogP contribution in [-0.2, 0) is 6.54 Å². The molecule has 5 aromatic rings. The number of hydrogen-bond acceptors (Lipinski definition) is 7. The zero-order valence-electron chi connectivity index (χ0n) is 18.4. The Kier molecular flexibility index (Phi) is 6.31. The van der Waals surface area contributed by atoms with Crippen molar-refractivity contribution >= 4 is 17.3 Å². The molecule has 0 aliphatic heterocycles. The molecule has 0 spiro atoms. The van der Waals surface area contributed by atoms with Crippen molar-refractivity contribution in [3.05, 3.63) is 96.8 Å². The van der Waals surface area contributed by atoms with Crippen molar-refractivity contribution in [2.75, 3.05) is 18.5 Å². The van der Waals surface area contributed by atoms with E-state index in [-0.39, 0.29) is 5.75 Å². The topological polar surface area (TPSA) is 96.6 Å². The van der Waals surface area contributed by atoms with Crippen molar-refractivity contribution in [1.29, 1.82) is 0 Å². The largest absolute Gasteiger partial charge is 0.508 e. The van der Waals surface area contributed by atoms with Crippen molar-refractivity contribution in [3.63, 3.8) is 0 Å². The third-order valence-electron chi connectivity index (χ3n) is 5.26. The molecule has 8 heteroatoms. The van der Waals surface area contributed by atoms with E-state index >= 15 is 0 Å². The molecule has 0 fully saturated rings. The van der Waals surface area contributed by atoms with Crippen molar-refractivity contribution in [3.8, 4) is 22.8 Å². The van der Waals surface area contributed by atoms with Crippen LogP contribution in [0.2, 0.25) is 0 Å². The number of fused-ring (bicyclic) bond motifs is 1. The zero-order valence-corrected chi connectivity index (χ0v) is 18.4. The molecule has 0 bridgehead atoms. The highest BCUT2D eigenvalue weighted by atomic mass is 16.5. The fraction of sp³-hybridized carbons (Fsp3) is 0.115. The second-order valence-electron chi connectivity index (χ2n) is 7.69. The fourth-order valence-corrected chi connectivity index (χ4v) is 3.55. The highest BCUT2D eigenvalue weighted by Crippen LogP contribution is 2.24. The number of ether oxygens (including phenoxy) is 1. The maximum atomic E-state index is 9.56. The maximum Gasteiger partial charge on any atom is 0.247 e. The van der Waals surface area contributed by atoms with Crippen LogP contribution in [0.15, 0.2) is 91.3 Å². The summed E-state index contributed by atoms with van der Waals surface area (Å²) in [6.07, 6.45) is 3.58. The Hall–Kier alpha value is -4.43. The smallest absolute Gasteiger partial charge is 0.247 e. The second kappa shape index (κ2) is 10.0. The number of nitrogens with zero attached hydrogens (tertiary/aromatic N) is 4. The van der Waals surface area contributed by atoms with Crippen molar-refractivity contribution in [2.24, 2.45) is 0 Å². The van der Waals surface area contributed by atoms with Gasteiger partial charge < -0.3 is 20.5 Å². The van der Waals surface area contributed by atoms with Crippen LogP contribution < -0.4 is 15.4 Å². The summed E-state index contributed by atoms with van der Waals surface area (Å²) in [6.45, 7) is 2.11. The monoisotopic (exact) mass is 452 g/mol. The van der Waals surface area contributed by atoms with Gasteiger partial charge in [0.1, 0.15) is 18.1 Å². The van der Waals surface area contributed by atoms with Crippen LogP contribution in [0, 0.1) is 0 Å². The number of phenols is 1. The maximum absolute atomic E-state index is 9.56. The molecule has 8 nitrogen and oxygen atoms in total. The lowest BCUT2D eigenvalue weighted by molar-refractivity contribution is 0.313. The number of rotatable bonds is 9. The fourth-order valence-electron chi connectivity index (χ4n) is 3.55. The molecule has 3 aromatic heterocycles. The molecule has 0 radical (unpaired) electrons. The van der Waals surface area contributed by atoms with E-state index < -0.39 is 0 Å². The Labute approximate surface area is 196 Å². The van der Waals surface area contributed by atoms with Gasteiger partial charge in [-0.15, -0.1) is 5.10 Å². The van der Waals surface area contributed by atoms with Crippen LogP contribution in [-0.4, -0.2) is 37.8 Å². The van der Waals surface area contributed by atoms with E-state index in [1.165, 1.54) is 5.56 Å². The molecule has 0 amide bonds. The van der Waals surface area contributed by atoms with Crippen molar-refractivity contribution in [1.82, 2.24) is 24.9 Å². The summed E-state index contributed by atoms with van der Waals surface area (Å²) in [5, 5.41) is 20.8. The molecule has 0 aliphatic rings. The highest BCUT2D eigenvalue weighted by molar-refractivity contribution is 5.65. The number of benzene rings is 2. The molecule has 5 rings (SSSR count). The van der Waals surface area contributed by atoms with Gasteiger partial charge in [-0.3, -0.25) is 4.98 Å². The van der Waals surface area contributed by atoms with E-state index in [9.17, 15) is 5.11 Å². The molecule has 0 aliphatic carbocycles. The number of hydrogen-bond donors (Lipinski definition) is 3. The summed E-state index contributed by atoms with van der Waals surface area (Å²) in [7, 11) is 0.